The van der Waals surface area contributed by atoms with E-state index in [4.69, 9.17) is 0 Å². The first kappa shape index (κ1) is 14.9. The number of hydrogen-bond acceptors (Lipinski definition) is 2. The summed E-state index contributed by atoms with van der Waals surface area (Å²) in [5, 5.41) is 0. The van der Waals surface area contributed by atoms with Crippen molar-refractivity contribution >= 4 is 33.6 Å². The van der Waals surface area contributed by atoms with Gasteiger partial charge in [-0.05, 0) is 43.9 Å². The largest absolute Gasteiger partial charge is 0.339 e. The van der Waals surface area contributed by atoms with Gasteiger partial charge in [-0.2, -0.15) is 0 Å². The first-order valence-corrected chi connectivity index (χ1v) is 8.73. The summed E-state index contributed by atoms with van der Waals surface area (Å²) in [5.74, 6) is 1.80. The molecule has 0 bridgehead atoms. The molecule has 2 nitrogen and oxygen atoms in total. The highest BCUT2D eigenvalue weighted by molar-refractivity contribution is 9.10. The van der Waals surface area contributed by atoms with Gasteiger partial charge in [0.15, 0.2) is 0 Å². The van der Waals surface area contributed by atoms with Crippen molar-refractivity contribution in [2.75, 3.05) is 12.3 Å². The molecule has 1 aromatic rings. The van der Waals surface area contributed by atoms with E-state index in [1.165, 1.54) is 12.0 Å². The van der Waals surface area contributed by atoms with Gasteiger partial charge in [0, 0.05) is 22.8 Å². The number of carbonyl (C=O) groups is 1. The summed E-state index contributed by atoms with van der Waals surface area (Å²) in [4.78, 5) is 14.2. The van der Waals surface area contributed by atoms with Gasteiger partial charge in [-0.1, -0.05) is 28.1 Å². The van der Waals surface area contributed by atoms with Gasteiger partial charge in [0.25, 0.3) is 0 Å². The Morgan fingerprint density at radius 2 is 2.11 bits per heavy atom. The second kappa shape index (κ2) is 7.34. The summed E-state index contributed by atoms with van der Waals surface area (Å²) in [6.45, 7) is 3.11. The molecule has 0 radical (unpaired) electrons. The Hall–Kier alpha value is -0.480. The Kier molecular flexibility index (Phi) is 5.76. The number of benzene rings is 1. The number of amides is 1. The van der Waals surface area contributed by atoms with Crippen LogP contribution in [0.4, 0.5) is 0 Å². The molecule has 4 heteroatoms. The van der Waals surface area contributed by atoms with Crippen molar-refractivity contribution in [2.24, 2.45) is 0 Å². The topological polar surface area (TPSA) is 20.3 Å². The standard InChI is InChI=1S/C15H20BrNOS/c1-12-4-2-3-9-17(12)15(18)11-19-10-13-5-7-14(16)8-6-13/h5-8,12H,2-4,9-11H2,1H3. The summed E-state index contributed by atoms with van der Waals surface area (Å²) < 4.78 is 1.10. The van der Waals surface area contributed by atoms with E-state index < -0.39 is 0 Å². The van der Waals surface area contributed by atoms with E-state index in [2.05, 4.69) is 39.9 Å². The molecule has 1 aliphatic heterocycles. The molecule has 1 atom stereocenters. The SMILES string of the molecule is CC1CCCCN1C(=O)CSCc1ccc(Br)cc1. The first-order chi connectivity index (χ1) is 9.16. The molecule has 0 N–H and O–H groups in total. The van der Waals surface area contributed by atoms with Crippen molar-refractivity contribution in [1.29, 1.82) is 0 Å². The smallest absolute Gasteiger partial charge is 0.232 e. The van der Waals surface area contributed by atoms with Gasteiger partial charge in [0.05, 0.1) is 5.75 Å². The average Bonchev–Trinajstić information content (AvgIpc) is 2.41. The van der Waals surface area contributed by atoms with E-state index >= 15 is 0 Å². The number of thioether (sulfide) groups is 1. The molecule has 1 unspecified atom stereocenters. The number of nitrogens with zero attached hydrogens (tertiary/aromatic N) is 1. The molecule has 104 valence electrons. The number of carbonyl (C=O) groups excluding carboxylic acids is 1. The summed E-state index contributed by atoms with van der Waals surface area (Å²) in [5.41, 5.74) is 1.27. The van der Waals surface area contributed by atoms with E-state index in [0.717, 1.165) is 29.6 Å². The van der Waals surface area contributed by atoms with Crippen LogP contribution in [-0.2, 0) is 10.5 Å². The lowest BCUT2D eigenvalue weighted by Crippen LogP contribution is -2.42. The van der Waals surface area contributed by atoms with Gasteiger partial charge in [0.1, 0.15) is 0 Å². The maximum absolute atomic E-state index is 12.2. The highest BCUT2D eigenvalue weighted by Crippen LogP contribution is 2.20. The van der Waals surface area contributed by atoms with E-state index in [1.807, 2.05) is 12.1 Å². The Balaban J connectivity index is 1.75. The lowest BCUT2D eigenvalue weighted by molar-refractivity contribution is -0.131. The van der Waals surface area contributed by atoms with Crippen molar-refractivity contribution < 1.29 is 4.79 Å². The summed E-state index contributed by atoms with van der Waals surface area (Å²) >= 11 is 5.14. The van der Waals surface area contributed by atoms with Crippen LogP contribution in [-0.4, -0.2) is 29.1 Å². The fourth-order valence-corrected chi connectivity index (χ4v) is 3.52. The number of halogens is 1. The normalized spacial score (nSPS) is 19.5. The number of hydrogen-bond donors (Lipinski definition) is 0. The maximum Gasteiger partial charge on any atom is 0.232 e. The Labute approximate surface area is 128 Å². The number of rotatable bonds is 4. The molecule has 1 saturated heterocycles. The predicted molar refractivity (Wildman–Crippen MR) is 85.3 cm³/mol. The van der Waals surface area contributed by atoms with Crippen molar-refractivity contribution in [3.63, 3.8) is 0 Å². The summed E-state index contributed by atoms with van der Waals surface area (Å²) in [6.07, 6.45) is 3.58. The van der Waals surface area contributed by atoms with Gasteiger partial charge < -0.3 is 4.90 Å². The van der Waals surface area contributed by atoms with Crippen molar-refractivity contribution in [3.05, 3.63) is 34.3 Å². The van der Waals surface area contributed by atoms with Crippen LogP contribution in [0.2, 0.25) is 0 Å². The molecule has 1 heterocycles. The molecular weight excluding hydrogens is 322 g/mol. The van der Waals surface area contributed by atoms with Crippen molar-refractivity contribution in [1.82, 2.24) is 4.90 Å². The second-order valence-corrected chi connectivity index (χ2v) is 6.95. The lowest BCUT2D eigenvalue weighted by atomic mass is 10.0. The predicted octanol–water partition coefficient (Wildman–Crippen LogP) is 4.08. The van der Waals surface area contributed by atoms with Crippen LogP contribution >= 0.6 is 27.7 Å². The molecule has 1 fully saturated rings. The van der Waals surface area contributed by atoms with Gasteiger partial charge in [-0.15, -0.1) is 11.8 Å². The molecule has 19 heavy (non-hydrogen) atoms. The summed E-state index contributed by atoms with van der Waals surface area (Å²) in [6, 6.07) is 8.72. The van der Waals surface area contributed by atoms with Gasteiger partial charge in [-0.25, -0.2) is 0 Å². The molecule has 0 aromatic heterocycles. The molecule has 0 saturated carbocycles. The molecule has 2 rings (SSSR count). The van der Waals surface area contributed by atoms with Gasteiger partial charge in [-0.3, -0.25) is 4.79 Å². The fraction of sp³-hybridized carbons (Fsp3) is 0.533. The molecular formula is C15H20BrNOS. The minimum atomic E-state index is 0.300. The van der Waals surface area contributed by atoms with Crippen LogP contribution in [0.25, 0.3) is 0 Å². The molecule has 0 spiro atoms. The minimum Gasteiger partial charge on any atom is -0.339 e. The Morgan fingerprint density at radius 1 is 1.37 bits per heavy atom. The number of likely N-dealkylation sites (tertiary alicyclic amines) is 1. The third-order valence-electron chi connectivity index (χ3n) is 3.53. The highest BCUT2D eigenvalue weighted by Gasteiger charge is 2.22. The van der Waals surface area contributed by atoms with Gasteiger partial charge >= 0.3 is 0 Å². The van der Waals surface area contributed by atoms with Crippen LogP contribution in [0.1, 0.15) is 31.7 Å². The first-order valence-electron chi connectivity index (χ1n) is 6.78. The van der Waals surface area contributed by atoms with Crippen LogP contribution < -0.4 is 0 Å². The lowest BCUT2D eigenvalue weighted by Gasteiger charge is -2.33. The zero-order chi connectivity index (χ0) is 13.7. The van der Waals surface area contributed by atoms with Crippen LogP contribution in [0, 0.1) is 0 Å². The Bertz CT molecular complexity index is 421. The molecule has 1 aliphatic rings. The monoisotopic (exact) mass is 341 g/mol. The quantitative estimate of drug-likeness (QED) is 0.822. The molecule has 1 aromatic carbocycles. The third kappa shape index (κ3) is 4.53. The minimum absolute atomic E-state index is 0.300. The summed E-state index contributed by atoms with van der Waals surface area (Å²) in [7, 11) is 0. The van der Waals surface area contributed by atoms with Crippen molar-refractivity contribution in [3.8, 4) is 0 Å². The molecule has 0 aliphatic carbocycles. The maximum atomic E-state index is 12.2. The zero-order valence-electron chi connectivity index (χ0n) is 11.3. The van der Waals surface area contributed by atoms with Crippen LogP contribution in [0.15, 0.2) is 28.7 Å². The van der Waals surface area contributed by atoms with Crippen LogP contribution in [0.5, 0.6) is 0 Å². The molecule has 1 amide bonds. The second-order valence-electron chi connectivity index (χ2n) is 5.05. The van der Waals surface area contributed by atoms with Gasteiger partial charge in [0.2, 0.25) is 5.91 Å². The average molecular weight is 342 g/mol. The third-order valence-corrected chi connectivity index (χ3v) is 5.05. The van der Waals surface area contributed by atoms with E-state index in [1.54, 1.807) is 11.8 Å². The van der Waals surface area contributed by atoms with E-state index in [0.29, 0.717) is 17.7 Å². The van der Waals surface area contributed by atoms with E-state index in [-0.39, 0.29) is 0 Å². The zero-order valence-corrected chi connectivity index (χ0v) is 13.7. The fourth-order valence-electron chi connectivity index (χ4n) is 2.39. The highest BCUT2D eigenvalue weighted by atomic mass is 79.9. The van der Waals surface area contributed by atoms with Crippen molar-refractivity contribution in [2.45, 2.75) is 38.0 Å². The Morgan fingerprint density at radius 3 is 2.79 bits per heavy atom. The van der Waals surface area contributed by atoms with E-state index in [9.17, 15) is 4.79 Å². The van der Waals surface area contributed by atoms with Crippen LogP contribution in [0.3, 0.4) is 0 Å². The number of piperidine rings is 1.